The van der Waals surface area contributed by atoms with Crippen LogP contribution >= 0.6 is 15.9 Å². The number of halogens is 1. The molecule has 2 heterocycles. The highest BCUT2D eigenvalue weighted by atomic mass is 79.9. The molecule has 8 nitrogen and oxygen atoms in total. The summed E-state index contributed by atoms with van der Waals surface area (Å²) in [5, 5.41) is 11.2. The molecule has 0 spiro atoms. The van der Waals surface area contributed by atoms with Crippen LogP contribution in [0.5, 0.6) is 0 Å². The molecule has 9 heteroatoms. The summed E-state index contributed by atoms with van der Waals surface area (Å²) in [4.78, 5) is 24.6. The van der Waals surface area contributed by atoms with Gasteiger partial charge in [0.25, 0.3) is 5.91 Å². The molecule has 0 aliphatic carbocycles. The topological polar surface area (TPSA) is 91.0 Å². The van der Waals surface area contributed by atoms with Gasteiger partial charge in [0.2, 0.25) is 0 Å². The lowest BCUT2D eigenvalue weighted by atomic mass is 10.1. The number of aromatic nitrogens is 4. The Kier molecular flexibility index (Phi) is 5.64. The largest absolute Gasteiger partial charge is 0.464 e. The van der Waals surface area contributed by atoms with Gasteiger partial charge in [-0.15, -0.1) is 0 Å². The Balaban J connectivity index is 1.81. The molecule has 1 aromatic carbocycles. The summed E-state index contributed by atoms with van der Waals surface area (Å²) in [6.07, 6.45) is 1.42. The lowest BCUT2D eigenvalue weighted by molar-refractivity contribution is 0.0589. The van der Waals surface area contributed by atoms with E-state index in [1.807, 2.05) is 30.7 Å². The van der Waals surface area contributed by atoms with Gasteiger partial charge in [0, 0.05) is 12.6 Å². The Bertz CT molecular complexity index is 1050. The highest BCUT2D eigenvalue weighted by Gasteiger charge is 2.20. The van der Waals surface area contributed by atoms with E-state index in [1.165, 1.54) is 18.0 Å². The molecule has 0 unspecified atom stereocenters. The first-order chi connectivity index (χ1) is 13.3. The van der Waals surface area contributed by atoms with Crippen molar-refractivity contribution in [1.29, 1.82) is 0 Å². The fraction of sp³-hybridized carbons (Fsp3) is 0.263. The first-order valence-corrected chi connectivity index (χ1v) is 9.31. The number of rotatable bonds is 5. The highest BCUT2D eigenvalue weighted by molar-refractivity contribution is 9.10. The maximum atomic E-state index is 12.7. The molecule has 2 aromatic heterocycles. The molecule has 0 aliphatic rings. The van der Waals surface area contributed by atoms with Gasteiger partial charge in [-0.3, -0.25) is 14.2 Å². The van der Waals surface area contributed by atoms with Gasteiger partial charge in [-0.05, 0) is 47.5 Å². The zero-order chi connectivity index (χ0) is 20.4. The van der Waals surface area contributed by atoms with Crippen molar-refractivity contribution in [3.05, 3.63) is 63.1 Å². The summed E-state index contributed by atoms with van der Waals surface area (Å²) in [5.74, 6) is -0.909. The lowest BCUT2D eigenvalue weighted by Crippen LogP contribution is -2.16. The lowest BCUT2D eigenvalue weighted by Gasteiger charge is -2.09. The zero-order valence-corrected chi connectivity index (χ0v) is 17.6. The molecule has 0 fully saturated rings. The first kappa shape index (κ1) is 19.8. The fourth-order valence-corrected chi connectivity index (χ4v) is 3.16. The predicted molar refractivity (Wildman–Crippen MR) is 107 cm³/mol. The van der Waals surface area contributed by atoms with Crippen molar-refractivity contribution in [3.63, 3.8) is 0 Å². The van der Waals surface area contributed by atoms with E-state index in [1.54, 1.807) is 19.2 Å². The van der Waals surface area contributed by atoms with Gasteiger partial charge in [0.15, 0.2) is 5.69 Å². The summed E-state index contributed by atoms with van der Waals surface area (Å²) >= 11 is 3.52. The summed E-state index contributed by atoms with van der Waals surface area (Å²) in [7, 11) is 2.89. The Morgan fingerprint density at radius 3 is 2.68 bits per heavy atom. The van der Waals surface area contributed by atoms with Crippen molar-refractivity contribution in [2.45, 2.75) is 20.4 Å². The molecular formula is C19H20BrN5O3. The van der Waals surface area contributed by atoms with Crippen molar-refractivity contribution in [2.75, 3.05) is 12.4 Å². The Hall–Kier alpha value is -2.94. The number of benzene rings is 1. The fourth-order valence-electron chi connectivity index (χ4n) is 2.88. The van der Waals surface area contributed by atoms with Crippen molar-refractivity contribution in [1.82, 2.24) is 19.6 Å². The minimum Gasteiger partial charge on any atom is -0.464 e. The number of hydrogen-bond acceptors (Lipinski definition) is 5. The molecule has 0 saturated carbocycles. The quantitative estimate of drug-likeness (QED) is 0.609. The third-order valence-corrected chi connectivity index (χ3v) is 5.53. The average molecular weight is 446 g/mol. The van der Waals surface area contributed by atoms with Crippen molar-refractivity contribution < 1.29 is 14.3 Å². The van der Waals surface area contributed by atoms with E-state index in [4.69, 9.17) is 4.74 Å². The second kappa shape index (κ2) is 7.97. The monoisotopic (exact) mass is 445 g/mol. The average Bonchev–Trinajstić information content (AvgIpc) is 3.16. The number of carbonyl (C=O) groups excluding carboxylic acids is 2. The van der Waals surface area contributed by atoms with Gasteiger partial charge in [0.1, 0.15) is 0 Å². The van der Waals surface area contributed by atoms with Crippen LogP contribution in [0.1, 0.15) is 37.8 Å². The van der Waals surface area contributed by atoms with Crippen LogP contribution in [0.2, 0.25) is 0 Å². The molecule has 1 amide bonds. The number of hydrogen-bond donors (Lipinski definition) is 1. The number of carbonyl (C=O) groups is 2. The second-order valence-electron chi connectivity index (χ2n) is 6.32. The van der Waals surface area contributed by atoms with E-state index in [2.05, 4.69) is 31.4 Å². The Morgan fingerprint density at radius 1 is 1.29 bits per heavy atom. The number of anilines is 1. The molecule has 0 atom stereocenters. The third kappa shape index (κ3) is 3.84. The van der Waals surface area contributed by atoms with Crippen LogP contribution in [0.25, 0.3) is 0 Å². The highest BCUT2D eigenvalue weighted by Crippen LogP contribution is 2.21. The zero-order valence-electron chi connectivity index (χ0n) is 16.0. The van der Waals surface area contributed by atoms with Gasteiger partial charge >= 0.3 is 5.97 Å². The predicted octanol–water partition coefficient (Wildman–Crippen LogP) is 3.08. The number of amides is 1. The Morgan fingerprint density at radius 2 is 2.04 bits per heavy atom. The third-order valence-electron chi connectivity index (χ3n) is 4.38. The number of esters is 1. The molecule has 3 aromatic rings. The summed E-state index contributed by atoms with van der Waals surface area (Å²) in [5.41, 5.74) is 3.82. The van der Waals surface area contributed by atoms with E-state index in [0.29, 0.717) is 17.8 Å². The molecule has 0 bridgehead atoms. The molecule has 0 saturated heterocycles. The molecule has 1 N–H and O–H groups in total. The minimum absolute atomic E-state index is 0.180. The minimum atomic E-state index is -0.570. The summed E-state index contributed by atoms with van der Waals surface area (Å²) < 4.78 is 8.97. The van der Waals surface area contributed by atoms with Crippen LogP contribution < -0.4 is 5.32 Å². The van der Waals surface area contributed by atoms with Crippen molar-refractivity contribution in [3.8, 4) is 0 Å². The SMILES string of the molecule is COC(=O)c1c(NC(=O)c2cccc(Cn3nc(C)c(Br)c3C)c2)cnn1C. The standard InChI is InChI=1S/C19H20BrN5O3/c1-11-16(20)12(2)25(23-11)10-13-6-5-7-14(8-13)18(26)22-15-9-21-24(3)17(15)19(27)28-4/h5-9H,10H2,1-4H3,(H,22,26). The van der Waals surface area contributed by atoms with Gasteiger partial charge in [-0.25, -0.2) is 4.79 Å². The maximum Gasteiger partial charge on any atom is 0.358 e. The Labute approximate surface area is 170 Å². The maximum absolute atomic E-state index is 12.7. The first-order valence-electron chi connectivity index (χ1n) is 8.52. The van der Waals surface area contributed by atoms with Gasteiger partial charge < -0.3 is 10.1 Å². The van der Waals surface area contributed by atoms with Gasteiger partial charge in [-0.1, -0.05) is 12.1 Å². The number of nitrogens with zero attached hydrogens (tertiary/aromatic N) is 4. The van der Waals surface area contributed by atoms with Crippen LogP contribution in [0.15, 0.2) is 34.9 Å². The number of nitrogens with one attached hydrogen (secondary N) is 1. The molecule has 0 radical (unpaired) electrons. The van der Waals surface area contributed by atoms with E-state index in [-0.39, 0.29) is 11.6 Å². The van der Waals surface area contributed by atoms with E-state index >= 15 is 0 Å². The van der Waals surface area contributed by atoms with Crippen molar-refractivity contribution >= 4 is 33.5 Å². The summed E-state index contributed by atoms with van der Waals surface area (Å²) in [6, 6.07) is 7.26. The second-order valence-corrected chi connectivity index (χ2v) is 7.11. The molecule has 0 aliphatic heterocycles. The van der Waals surface area contributed by atoms with E-state index in [9.17, 15) is 9.59 Å². The van der Waals surface area contributed by atoms with Crippen LogP contribution in [0.4, 0.5) is 5.69 Å². The number of methoxy groups -OCH3 is 1. The van der Waals surface area contributed by atoms with Crippen LogP contribution in [0, 0.1) is 13.8 Å². The molecule has 28 heavy (non-hydrogen) atoms. The van der Waals surface area contributed by atoms with Crippen LogP contribution in [0.3, 0.4) is 0 Å². The van der Waals surface area contributed by atoms with Gasteiger partial charge in [-0.2, -0.15) is 10.2 Å². The van der Waals surface area contributed by atoms with Gasteiger partial charge in [0.05, 0.1) is 41.4 Å². The number of ether oxygens (including phenoxy) is 1. The van der Waals surface area contributed by atoms with E-state index < -0.39 is 5.97 Å². The van der Waals surface area contributed by atoms with Crippen LogP contribution in [-0.2, 0) is 18.3 Å². The number of aryl methyl sites for hydroxylation is 2. The molecule has 146 valence electrons. The smallest absolute Gasteiger partial charge is 0.358 e. The normalized spacial score (nSPS) is 10.8. The van der Waals surface area contributed by atoms with Crippen molar-refractivity contribution in [2.24, 2.45) is 7.05 Å². The summed E-state index contributed by atoms with van der Waals surface area (Å²) in [6.45, 7) is 4.46. The molecule has 3 rings (SSSR count). The molecular weight excluding hydrogens is 426 g/mol. The van der Waals surface area contributed by atoms with Crippen LogP contribution in [-0.4, -0.2) is 38.5 Å². The van der Waals surface area contributed by atoms with E-state index in [0.717, 1.165) is 21.4 Å².